The molecule has 6 heteroatoms. The SMILES string of the molecule is COC(=O)C(=O)Oc1ccc2cc(OC(=O)C3CCC3)ccc2c1. The number of methoxy groups -OCH3 is 1. The maximum absolute atomic E-state index is 11.9. The zero-order chi connectivity index (χ0) is 17.1. The lowest BCUT2D eigenvalue weighted by Gasteiger charge is -2.22. The predicted octanol–water partition coefficient (Wildman–Crippen LogP) is 2.62. The summed E-state index contributed by atoms with van der Waals surface area (Å²) in [6.07, 6.45) is 2.85. The molecule has 124 valence electrons. The molecule has 1 aliphatic rings. The first-order valence-electron chi connectivity index (χ1n) is 7.62. The molecule has 24 heavy (non-hydrogen) atoms. The molecule has 1 aliphatic carbocycles. The summed E-state index contributed by atoms with van der Waals surface area (Å²) in [5.74, 6) is -1.60. The normalized spacial score (nSPS) is 13.9. The van der Waals surface area contributed by atoms with Gasteiger partial charge in [-0.25, -0.2) is 9.59 Å². The van der Waals surface area contributed by atoms with Gasteiger partial charge in [-0.15, -0.1) is 0 Å². The van der Waals surface area contributed by atoms with Crippen LogP contribution < -0.4 is 9.47 Å². The smallest absolute Gasteiger partial charge is 0.422 e. The third-order valence-electron chi connectivity index (χ3n) is 4.00. The van der Waals surface area contributed by atoms with Crippen LogP contribution in [0.5, 0.6) is 11.5 Å². The van der Waals surface area contributed by atoms with E-state index in [0.717, 1.165) is 37.1 Å². The first kappa shape index (κ1) is 16.0. The molecule has 0 spiro atoms. The van der Waals surface area contributed by atoms with E-state index in [1.165, 1.54) is 0 Å². The molecule has 1 fully saturated rings. The Bertz CT molecular complexity index is 806. The first-order chi connectivity index (χ1) is 11.6. The second-order valence-corrected chi connectivity index (χ2v) is 5.60. The minimum Gasteiger partial charge on any atom is -0.461 e. The average molecular weight is 328 g/mol. The molecule has 0 bridgehead atoms. The van der Waals surface area contributed by atoms with Crippen LogP contribution in [0, 0.1) is 5.92 Å². The van der Waals surface area contributed by atoms with Gasteiger partial charge in [0.15, 0.2) is 0 Å². The number of fused-ring (bicyclic) bond motifs is 1. The van der Waals surface area contributed by atoms with Gasteiger partial charge < -0.3 is 14.2 Å². The Kier molecular flexibility index (Phi) is 4.46. The number of rotatable bonds is 3. The van der Waals surface area contributed by atoms with E-state index < -0.39 is 11.9 Å². The quantitative estimate of drug-likeness (QED) is 0.489. The Morgan fingerprint density at radius 1 is 0.875 bits per heavy atom. The van der Waals surface area contributed by atoms with E-state index in [9.17, 15) is 14.4 Å². The summed E-state index contributed by atoms with van der Waals surface area (Å²) in [7, 11) is 1.11. The molecule has 0 aliphatic heterocycles. The van der Waals surface area contributed by atoms with Crippen LogP contribution in [-0.4, -0.2) is 25.0 Å². The van der Waals surface area contributed by atoms with E-state index in [1.54, 1.807) is 36.4 Å². The molecule has 2 aromatic rings. The van der Waals surface area contributed by atoms with E-state index in [4.69, 9.17) is 9.47 Å². The predicted molar refractivity (Wildman–Crippen MR) is 84.6 cm³/mol. The van der Waals surface area contributed by atoms with Gasteiger partial charge in [-0.1, -0.05) is 18.6 Å². The van der Waals surface area contributed by atoms with E-state index in [2.05, 4.69) is 4.74 Å². The zero-order valence-corrected chi connectivity index (χ0v) is 13.1. The summed E-state index contributed by atoms with van der Waals surface area (Å²) in [6.45, 7) is 0. The number of hydrogen-bond acceptors (Lipinski definition) is 6. The average Bonchev–Trinajstić information content (AvgIpc) is 2.52. The van der Waals surface area contributed by atoms with Crippen molar-refractivity contribution in [1.82, 2.24) is 0 Å². The van der Waals surface area contributed by atoms with Gasteiger partial charge in [-0.05, 0) is 47.9 Å². The summed E-state index contributed by atoms with van der Waals surface area (Å²) >= 11 is 0. The van der Waals surface area contributed by atoms with Gasteiger partial charge in [0.1, 0.15) is 11.5 Å². The zero-order valence-electron chi connectivity index (χ0n) is 13.1. The van der Waals surface area contributed by atoms with Crippen LogP contribution in [-0.2, 0) is 19.1 Å². The fraction of sp³-hybridized carbons (Fsp3) is 0.278. The van der Waals surface area contributed by atoms with Crippen LogP contribution in [0.25, 0.3) is 10.8 Å². The van der Waals surface area contributed by atoms with Crippen LogP contribution in [0.3, 0.4) is 0 Å². The van der Waals surface area contributed by atoms with Crippen LogP contribution >= 0.6 is 0 Å². The van der Waals surface area contributed by atoms with Crippen molar-refractivity contribution in [2.75, 3.05) is 7.11 Å². The molecule has 0 aromatic heterocycles. The highest BCUT2D eigenvalue weighted by Crippen LogP contribution is 2.30. The largest absolute Gasteiger partial charge is 0.461 e. The lowest BCUT2D eigenvalue weighted by Crippen LogP contribution is -2.26. The molecule has 0 unspecified atom stereocenters. The van der Waals surface area contributed by atoms with Crippen LogP contribution in [0.15, 0.2) is 36.4 Å². The molecule has 1 saturated carbocycles. The molecule has 0 saturated heterocycles. The van der Waals surface area contributed by atoms with E-state index in [0.29, 0.717) is 5.75 Å². The summed E-state index contributed by atoms with van der Waals surface area (Å²) in [5.41, 5.74) is 0. The van der Waals surface area contributed by atoms with Gasteiger partial charge in [0.2, 0.25) is 0 Å². The third-order valence-corrected chi connectivity index (χ3v) is 4.00. The first-order valence-corrected chi connectivity index (χ1v) is 7.62. The summed E-state index contributed by atoms with van der Waals surface area (Å²) < 4.78 is 14.6. The van der Waals surface area contributed by atoms with Crippen molar-refractivity contribution in [1.29, 1.82) is 0 Å². The fourth-order valence-corrected chi connectivity index (χ4v) is 2.40. The molecule has 0 N–H and O–H groups in total. The number of benzene rings is 2. The molecule has 3 rings (SSSR count). The van der Waals surface area contributed by atoms with Gasteiger partial charge >= 0.3 is 17.9 Å². The molecule has 0 atom stereocenters. The molecule has 6 nitrogen and oxygen atoms in total. The Morgan fingerprint density at radius 2 is 1.46 bits per heavy atom. The van der Waals surface area contributed by atoms with Crippen molar-refractivity contribution in [3.05, 3.63) is 36.4 Å². The highest BCUT2D eigenvalue weighted by atomic mass is 16.6. The Balaban J connectivity index is 1.74. The summed E-state index contributed by atoms with van der Waals surface area (Å²) in [4.78, 5) is 34.3. The fourth-order valence-electron chi connectivity index (χ4n) is 2.40. The van der Waals surface area contributed by atoms with Gasteiger partial charge in [0.25, 0.3) is 0 Å². The number of esters is 3. The lowest BCUT2D eigenvalue weighted by molar-refractivity contribution is -0.160. The molecule has 0 radical (unpaired) electrons. The van der Waals surface area contributed by atoms with E-state index >= 15 is 0 Å². The Hall–Kier alpha value is -2.89. The van der Waals surface area contributed by atoms with Crippen molar-refractivity contribution >= 4 is 28.7 Å². The lowest BCUT2D eigenvalue weighted by atomic mass is 9.86. The minimum absolute atomic E-state index is 0.0146. The maximum Gasteiger partial charge on any atom is 0.422 e. The maximum atomic E-state index is 11.9. The van der Waals surface area contributed by atoms with Crippen molar-refractivity contribution in [2.24, 2.45) is 5.92 Å². The highest BCUT2D eigenvalue weighted by Gasteiger charge is 2.27. The Morgan fingerprint density at radius 3 is 1.96 bits per heavy atom. The van der Waals surface area contributed by atoms with Crippen LogP contribution in [0.4, 0.5) is 0 Å². The van der Waals surface area contributed by atoms with E-state index in [1.807, 2.05) is 0 Å². The topological polar surface area (TPSA) is 78.9 Å². The van der Waals surface area contributed by atoms with Crippen molar-refractivity contribution in [3.63, 3.8) is 0 Å². The van der Waals surface area contributed by atoms with Gasteiger partial charge in [-0.2, -0.15) is 0 Å². The van der Waals surface area contributed by atoms with Crippen molar-refractivity contribution < 1.29 is 28.6 Å². The van der Waals surface area contributed by atoms with Gasteiger partial charge in [0, 0.05) is 0 Å². The number of carbonyl (C=O) groups is 3. The second-order valence-electron chi connectivity index (χ2n) is 5.60. The minimum atomic E-state index is -1.08. The van der Waals surface area contributed by atoms with Crippen molar-refractivity contribution in [3.8, 4) is 11.5 Å². The van der Waals surface area contributed by atoms with E-state index in [-0.39, 0.29) is 17.6 Å². The van der Waals surface area contributed by atoms with Crippen molar-refractivity contribution in [2.45, 2.75) is 19.3 Å². The van der Waals surface area contributed by atoms with Gasteiger partial charge in [-0.3, -0.25) is 4.79 Å². The van der Waals surface area contributed by atoms with Crippen LogP contribution in [0.1, 0.15) is 19.3 Å². The van der Waals surface area contributed by atoms with Crippen LogP contribution in [0.2, 0.25) is 0 Å². The molecular formula is C18H16O6. The standard InChI is InChI=1S/C18H16O6/c1-22-17(20)18(21)24-15-8-6-12-9-14(7-5-13(12)10-15)23-16(19)11-3-2-4-11/h5-11H,2-4H2,1H3. The number of carbonyl (C=O) groups excluding carboxylic acids is 3. The number of ether oxygens (including phenoxy) is 3. The third kappa shape index (κ3) is 3.37. The molecular weight excluding hydrogens is 312 g/mol. The highest BCUT2D eigenvalue weighted by molar-refractivity contribution is 6.30. The molecule has 0 amide bonds. The summed E-state index contributed by atoms with van der Waals surface area (Å²) in [6, 6.07) is 10.1. The number of hydrogen-bond donors (Lipinski definition) is 0. The summed E-state index contributed by atoms with van der Waals surface area (Å²) in [5, 5.41) is 1.61. The van der Waals surface area contributed by atoms with Gasteiger partial charge in [0.05, 0.1) is 13.0 Å². The molecule has 2 aromatic carbocycles. The Labute approximate surface area is 138 Å². The second kappa shape index (κ2) is 6.70. The monoisotopic (exact) mass is 328 g/mol. The molecule has 0 heterocycles.